The number of carbonyl (C=O) groups is 1. The van der Waals surface area contributed by atoms with Gasteiger partial charge in [-0.05, 0) is 24.6 Å². The minimum absolute atomic E-state index is 0.0427. The van der Waals surface area contributed by atoms with Gasteiger partial charge in [-0.1, -0.05) is 17.7 Å². The maximum absolute atomic E-state index is 12.6. The lowest BCUT2D eigenvalue weighted by atomic mass is 10.1. The van der Waals surface area contributed by atoms with Gasteiger partial charge in [-0.3, -0.25) is 9.69 Å². The maximum Gasteiger partial charge on any atom is 0.248 e. The predicted octanol–water partition coefficient (Wildman–Crippen LogP) is 2.52. The molecule has 7 nitrogen and oxygen atoms in total. The van der Waals surface area contributed by atoms with Crippen LogP contribution >= 0.6 is 11.6 Å². The van der Waals surface area contributed by atoms with Gasteiger partial charge in [-0.15, -0.1) is 0 Å². The number of methoxy groups -OCH3 is 2. The maximum atomic E-state index is 12.6. The third kappa shape index (κ3) is 3.19. The molecule has 0 unspecified atom stereocenters. The number of aromatic nitrogens is 2. The van der Waals surface area contributed by atoms with Crippen molar-refractivity contribution in [3.05, 3.63) is 35.2 Å². The average molecular weight is 363 g/mol. The van der Waals surface area contributed by atoms with Crippen molar-refractivity contribution in [2.45, 2.75) is 13.5 Å². The summed E-state index contributed by atoms with van der Waals surface area (Å²) in [7, 11) is 3.16. The molecular weight excluding hydrogens is 344 g/mol. The molecule has 3 rings (SSSR count). The van der Waals surface area contributed by atoms with Gasteiger partial charge in [-0.2, -0.15) is 0 Å². The van der Waals surface area contributed by atoms with Gasteiger partial charge in [0.05, 0.1) is 27.3 Å². The minimum Gasteiger partial charge on any atom is -0.493 e. The van der Waals surface area contributed by atoms with Gasteiger partial charge in [0.15, 0.2) is 22.5 Å². The quantitative estimate of drug-likeness (QED) is 0.761. The van der Waals surface area contributed by atoms with Gasteiger partial charge in [-0.25, -0.2) is 9.97 Å². The molecule has 0 bridgehead atoms. The van der Waals surface area contributed by atoms with E-state index < -0.39 is 0 Å². The number of likely N-dealkylation sites (N-methyl/N-ethyl adjacent to an activating group) is 1. The van der Waals surface area contributed by atoms with Crippen LogP contribution in [0, 0.1) is 0 Å². The zero-order chi connectivity index (χ0) is 18.0. The Labute approximate surface area is 151 Å². The molecule has 0 aliphatic carbocycles. The largest absolute Gasteiger partial charge is 0.493 e. The smallest absolute Gasteiger partial charge is 0.248 e. The summed E-state index contributed by atoms with van der Waals surface area (Å²) in [5.74, 6) is 1.73. The normalized spacial score (nSPS) is 13.7. The van der Waals surface area contributed by atoms with Gasteiger partial charge in [0, 0.05) is 6.54 Å². The Kier molecular flexibility index (Phi) is 4.94. The van der Waals surface area contributed by atoms with E-state index in [0.29, 0.717) is 41.2 Å². The third-order valence-electron chi connectivity index (χ3n) is 4.13. The number of hydrogen-bond acceptors (Lipinski definition) is 6. The second kappa shape index (κ2) is 7.14. The fraction of sp³-hybridized carbons (Fsp3) is 0.353. The molecule has 0 N–H and O–H groups in total. The number of amides is 1. The first kappa shape index (κ1) is 17.3. The lowest BCUT2D eigenvalue weighted by Crippen LogP contribution is -2.46. The van der Waals surface area contributed by atoms with Crippen LogP contribution in [0.4, 0.5) is 11.5 Å². The van der Waals surface area contributed by atoms with Crippen LogP contribution in [-0.4, -0.2) is 43.2 Å². The monoisotopic (exact) mass is 362 g/mol. The zero-order valence-electron chi connectivity index (χ0n) is 14.3. The average Bonchev–Trinajstić information content (AvgIpc) is 2.63. The zero-order valence-corrected chi connectivity index (χ0v) is 15.1. The number of carbonyl (C=O) groups excluding carboxylic acids is 1. The van der Waals surface area contributed by atoms with Crippen LogP contribution in [0.3, 0.4) is 0 Å². The Balaban J connectivity index is 1.98. The van der Waals surface area contributed by atoms with Gasteiger partial charge in [0.1, 0.15) is 12.0 Å². The highest BCUT2D eigenvalue weighted by molar-refractivity contribution is 6.33. The van der Waals surface area contributed by atoms with E-state index in [4.69, 9.17) is 21.1 Å². The molecule has 2 heterocycles. The van der Waals surface area contributed by atoms with E-state index in [1.54, 1.807) is 19.1 Å². The summed E-state index contributed by atoms with van der Waals surface area (Å²) in [5, 5.41) is 0.344. The van der Waals surface area contributed by atoms with Crippen LogP contribution < -0.4 is 19.3 Å². The Hall–Kier alpha value is -2.54. The van der Waals surface area contributed by atoms with E-state index in [1.165, 1.54) is 6.33 Å². The molecule has 0 radical (unpaired) electrons. The fourth-order valence-electron chi connectivity index (χ4n) is 2.86. The van der Waals surface area contributed by atoms with E-state index in [9.17, 15) is 4.79 Å². The molecule has 132 valence electrons. The van der Waals surface area contributed by atoms with E-state index >= 15 is 0 Å². The highest BCUT2D eigenvalue weighted by Gasteiger charge is 2.32. The molecule has 2 aromatic rings. The van der Waals surface area contributed by atoms with Crippen LogP contribution in [-0.2, 0) is 11.3 Å². The molecule has 1 aliphatic rings. The summed E-state index contributed by atoms with van der Waals surface area (Å²) in [6.07, 6.45) is 1.37. The Morgan fingerprint density at radius 3 is 2.64 bits per heavy atom. The molecule has 0 spiro atoms. The van der Waals surface area contributed by atoms with Crippen molar-refractivity contribution in [1.29, 1.82) is 0 Å². The number of benzene rings is 1. The summed E-state index contributed by atoms with van der Waals surface area (Å²) < 4.78 is 10.6. The van der Waals surface area contributed by atoms with Gasteiger partial charge in [0.25, 0.3) is 0 Å². The number of ether oxygens (including phenoxy) is 2. The SMILES string of the molecule is CCN1CC(=O)N(Cc2ccc(OC)c(OC)c2)c2ncnc(Cl)c21. The summed E-state index contributed by atoms with van der Waals surface area (Å²) in [4.78, 5) is 24.5. The number of rotatable bonds is 5. The van der Waals surface area contributed by atoms with Crippen molar-refractivity contribution in [2.24, 2.45) is 0 Å². The van der Waals surface area contributed by atoms with E-state index in [2.05, 4.69) is 9.97 Å². The molecule has 0 saturated heterocycles. The first-order valence-electron chi connectivity index (χ1n) is 7.85. The number of hydrogen-bond donors (Lipinski definition) is 0. The first-order chi connectivity index (χ1) is 12.1. The molecule has 1 aromatic heterocycles. The number of anilines is 2. The molecule has 0 atom stereocenters. The van der Waals surface area contributed by atoms with Crippen LogP contribution in [0.5, 0.6) is 11.5 Å². The number of halogens is 1. The van der Waals surface area contributed by atoms with Crippen molar-refractivity contribution >= 4 is 29.0 Å². The third-order valence-corrected chi connectivity index (χ3v) is 4.40. The summed E-state index contributed by atoms with van der Waals surface area (Å²) in [6, 6.07) is 5.55. The Morgan fingerprint density at radius 1 is 1.20 bits per heavy atom. The van der Waals surface area contributed by atoms with E-state index in [-0.39, 0.29) is 12.5 Å². The predicted molar refractivity (Wildman–Crippen MR) is 95.7 cm³/mol. The second-order valence-electron chi connectivity index (χ2n) is 5.52. The lowest BCUT2D eigenvalue weighted by molar-refractivity contribution is -0.117. The molecule has 1 amide bonds. The molecule has 0 fully saturated rings. The summed E-state index contributed by atoms with van der Waals surface area (Å²) in [5.41, 5.74) is 1.59. The van der Waals surface area contributed by atoms with Crippen molar-refractivity contribution < 1.29 is 14.3 Å². The van der Waals surface area contributed by atoms with Crippen LogP contribution in [0.1, 0.15) is 12.5 Å². The van der Waals surface area contributed by atoms with E-state index in [0.717, 1.165) is 5.56 Å². The Morgan fingerprint density at radius 2 is 1.96 bits per heavy atom. The summed E-state index contributed by atoms with van der Waals surface area (Å²) >= 11 is 6.25. The van der Waals surface area contributed by atoms with Crippen molar-refractivity contribution in [3.63, 3.8) is 0 Å². The number of fused-ring (bicyclic) bond motifs is 1. The summed E-state index contributed by atoms with van der Waals surface area (Å²) in [6.45, 7) is 3.21. The lowest BCUT2D eigenvalue weighted by Gasteiger charge is -2.35. The fourth-order valence-corrected chi connectivity index (χ4v) is 3.11. The van der Waals surface area contributed by atoms with Crippen LogP contribution in [0.2, 0.25) is 5.15 Å². The molecular formula is C17H19ClN4O3. The highest BCUT2D eigenvalue weighted by atomic mass is 35.5. The van der Waals surface area contributed by atoms with Crippen molar-refractivity contribution in [1.82, 2.24) is 9.97 Å². The minimum atomic E-state index is -0.0427. The topological polar surface area (TPSA) is 67.8 Å². The van der Waals surface area contributed by atoms with Crippen LogP contribution in [0.15, 0.2) is 24.5 Å². The van der Waals surface area contributed by atoms with Gasteiger partial charge < -0.3 is 14.4 Å². The van der Waals surface area contributed by atoms with Crippen LogP contribution in [0.25, 0.3) is 0 Å². The van der Waals surface area contributed by atoms with Crippen molar-refractivity contribution in [3.8, 4) is 11.5 Å². The highest BCUT2D eigenvalue weighted by Crippen LogP contribution is 2.37. The van der Waals surface area contributed by atoms with Gasteiger partial charge in [0.2, 0.25) is 5.91 Å². The van der Waals surface area contributed by atoms with Gasteiger partial charge >= 0.3 is 0 Å². The van der Waals surface area contributed by atoms with E-state index in [1.807, 2.05) is 30.0 Å². The standard InChI is InChI=1S/C17H19ClN4O3/c1-4-21-9-14(23)22(17-15(21)16(18)19-10-20-17)8-11-5-6-12(24-2)13(7-11)25-3/h5-7,10H,4,8-9H2,1-3H3. The molecule has 8 heteroatoms. The molecule has 25 heavy (non-hydrogen) atoms. The Bertz CT molecular complexity index is 799. The molecule has 1 aliphatic heterocycles. The second-order valence-corrected chi connectivity index (χ2v) is 5.88. The number of nitrogens with zero attached hydrogens (tertiary/aromatic N) is 4. The molecule has 0 saturated carbocycles. The molecule has 1 aromatic carbocycles. The van der Waals surface area contributed by atoms with Crippen molar-refractivity contribution in [2.75, 3.05) is 37.1 Å². The first-order valence-corrected chi connectivity index (χ1v) is 8.23.